The molecule has 2 atom stereocenters. The summed E-state index contributed by atoms with van der Waals surface area (Å²) in [6, 6.07) is 2.34. The number of carbonyl (C=O) groups excluding carboxylic acids is 2. The lowest BCUT2D eigenvalue weighted by Gasteiger charge is -2.19. The van der Waals surface area contributed by atoms with Crippen molar-refractivity contribution < 1.29 is 24.3 Å². The Morgan fingerprint density at radius 3 is 2.60 bits per heavy atom. The highest BCUT2D eigenvalue weighted by molar-refractivity contribution is 5.97. The molecule has 7 heteroatoms. The summed E-state index contributed by atoms with van der Waals surface area (Å²) in [6.07, 6.45) is 0.901. The first-order valence-electron chi connectivity index (χ1n) is 7.66. The second-order valence-electron chi connectivity index (χ2n) is 5.66. The smallest absolute Gasteiger partial charge is 0.268 e. The fourth-order valence-electron chi connectivity index (χ4n) is 1.94. The van der Waals surface area contributed by atoms with Crippen molar-refractivity contribution in [2.24, 2.45) is 5.92 Å². The van der Waals surface area contributed by atoms with Crippen molar-refractivity contribution in [2.45, 2.75) is 31.9 Å². The van der Waals surface area contributed by atoms with E-state index in [1.807, 2.05) is 0 Å². The summed E-state index contributed by atoms with van der Waals surface area (Å²) in [5.74, 6) is 8.66. The van der Waals surface area contributed by atoms with Crippen LogP contribution in [0.3, 0.4) is 0 Å². The zero-order chi connectivity index (χ0) is 18.4. The van der Waals surface area contributed by atoms with Gasteiger partial charge in [0.2, 0.25) is 0 Å². The summed E-state index contributed by atoms with van der Waals surface area (Å²) < 4.78 is 14.1. The zero-order valence-electron chi connectivity index (χ0n) is 13.5. The van der Waals surface area contributed by atoms with Gasteiger partial charge in [-0.15, -0.1) is 0 Å². The topological polar surface area (TPSA) is 98.7 Å². The molecule has 2 amide bonds. The van der Waals surface area contributed by atoms with Crippen LogP contribution in [0, 0.1) is 35.4 Å². The first kappa shape index (κ1) is 18.5. The minimum Gasteiger partial charge on any atom is -0.391 e. The molecule has 130 valence electrons. The number of hydrogen-bond acceptors (Lipinski definition) is 4. The molecule has 0 saturated heterocycles. The third-order valence-corrected chi connectivity index (χ3v) is 3.50. The Labute approximate surface area is 144 Å². The van der Waals surface area contributed by atoms with E-state index < -0.39 is 29.8 Å². The van der Waals surface area contributed by atoms with Gasteiger partial charge < -0.3 is 10.4 Å². The molecule has 0 unspecified atom stereocenters. The monoisotopic (exact) mass is 344 g/mol. The predicted octanol–water partition coefficient (Wildman–Crippen LogP) is 0.575. The van der Waals surface area contributed by atoms with Crippen LogP contribution in [0.1, 0.15) is 35.7 Å². The van der Waals surface area contributed by atoms with Crippen LogP contribution in [0.5, 0.6) is 0 Å². The average Bonchev–Trinajstić information content (AvgIpc) is 3.39. The lowest BCUT2D eigenvalue weighted by molar-refractivity contribution is -0.133. The van der Waals surface area contributed by atoms with Gasteiger partial charge in [0.1, 0.15) is 11.9 Å². The average molecular weight is 344 g/mol. The number of aliphatic hydroxyl groups excluding tert-OH is 1. The van der Waals surface area contributed by atoms with Crippen LogP contribution < -0.4 is 10.8 Å². The van der Waals surface area contributed by atoms with Gasteiger partial charge >= 0.3 is 0 Å². The number of amides is 2. The second kappa shape index (κ2) is 8.29. The molecule has 0 radical (unpaired) electrons. The van der Waals surface area contributed by atoms with Crippen LogP contribution >= 0.6 is 0 Å². The molecule has 1 aliphatic carbocycles. The maximum atomic E-state index is 14.1. The molecule has 0 spiro atoms. The van der Waals surface area contributed by atoms with Crippen LogP contribution in [0.25, 0.3) is 0 Å². The molecule has 1 aromatic carbocycles. The van der Waals surface area contributed by atoms with Gasteiger partial charge in [-0.2, -0.15) is 0 Å². The Morgan fingerprint density at radius 2 is 2.04 bits per heavy atom. The van der Waals surface area contributed by atoms with E-state index in [1.54, 1.807) is 0 Å². The van der Waals surface area contributed by atoms with E-state index in [0.29, 0.717) is 11.5 Å². The summed E-state index contributed by atoms with van der Waals surface area (Å²) in [6.45, 7) is 1.25. The van der Waals surface area contributed by atoms with Gasteiger partial charge in [0.05, 0.1) is 11.7 Å². The minimum atomic E-state index is -1.42. The van der Waals surface area contributed by atoms with Crippen LogP contribution in [-0.2, 0) is 4.79 Å². The Balaban J connectivity index is 2.09. The van der Waals surface area contributed by atoms with E-state index in [1.165, 1.54) is 24.5 Å². The highest BCUT2D eigenvalue weighted by atomic mass is 19.1. The SMILES string of the molecule is C[C@@H](O)[C@H](NC(=O)c1ccc(C#CC#CC2CC2)cc1F)C(=O)NO. The van der Waals surface area contributed by atoms with Gasteiger partial charge in [-0.05, 0) is 49.8 Å². The number of carbonyl (C=O) groups is 2. The Hall–Kier alpha value is -2.87. The molecule has 0 heterocycles. The first-order chi connectivity index (χ1) is 11.9. The van der Waals surface area contributed by atoms with E-state index in [9.17, 15) is 19.1 Å². The number of benzene rings is 1. The normalized spacial score (nSPS) is 14.9. The van der Waals surface area contributed by atoms with E-state index >= 15 is 0 Å². The Kier molecular flexibility index (Phi) is 6.13. The van der Waals surface area contributed by atoms with Gasteiger partial charge in [0, 0.05) is 11.5 Å². The highest BCUT2D eigenvalue weighted by Gasteiger charge is 2.26. The number of hydroxylamine groups is 1. The second-order valence-corrected chi connectivity index (χ2v) is 5.66. The number of hydrogen-bond donors (Lipinski definition) is 4. The molecular weight excluding hydrogens is 327 g/mol. The summed E-state index contributed by atoms with van der Waals surface area (Å²) in [7, 11) is 0. The Morgan fingerprint density at radius 1 is 1.32 bits per heavy atom. The fourth-order valence-corrected chi connectivity index (χ4v) is 1.94. The van der Waals surface area contributed by atoms with Crippen molar-refractivity contribution in [3.63, 3.8) is 0 Å². The largest absolute Gasteiger partial charge is 0.391 e. The van der Waals surface area contributed by atoms with Crippen LogP contribution in [-0.4, -0.2) is 34.3 Å². The molecule has 6 nitrogen and oxygen atoms in total. The van der Waals surface area contributed by atoms with Crippen molar-refractivity contribution in [2.75, 3.05) is 0 Å². The van der Waals surface area contributed by atoms with Gasteiger partial charge in [-0.25, -0.2) is 9.87 Å². The van der Waals surface area contributed by atoms with Crippen molar-refractivity contribution in [1.29, 1.82) is 0 Å². The summed E-state index contributed by atoms with van der Waals surface area (Å²) in [5.41, 5.74) is 1.38. The lowest BCUT2D eigenvalue weighted by Crippen LogP contribution is -2.51. The van der Waals surface area contributed by atoms with Crippen molar-refractivity contribution >= 4 is 11.8 Å². The van der Waals surface area contributed by atoms with Gasteiger partial charge in [-0.1, -0.05) is 11.8 Å². The number of rotatable bonds is 4. The van der Waals surface area contributed by atoms with Gasteiger partial charge in [0.25, 0.3) is 11.8 Å². The maximum Gasteiger partial charge on any atom is 0.268 e. The van der Waals surface area contributed by atoms with Gasteiger partial charge in [-0.3, -0.25) is 14.8 Å². The zero-order valence-corrected chi connectivity index (χ0v) is 13.5. The predicted molar refractivity (Wildman–Crippen MR) is 86.6 cm³/mol. The van der Waals surface area contributed by atoms with Crippen molar-refractivity contribution in [3.8, 4) is 23.7 Å². The molecular formula is C18H17FN2O4. The van der Waals surface area contributed by atoms with E-state index in [0.717, 1.165) is 18.9 Å². The quantitative estimate of drug-likeness (QED) is 0.365. The first-order valence-corrected chi connectivity index (χ1v) is 7.66. The summed E-state index contributed by atoms with van der Waals surface area (Å²) >= 11 is 0. The minimum absolute atomic E-state index is 0.314. The standard InChI is InChI=1S/C18H17FN2O4/c1-11(22)16(18(24)21-25)20-17(23)14-9-8-13(10-15(14)19)5-3-2-4-12-6-7-12/h8-12,16,22,25H,6-7H2,1H3,(H,20,23)(H,21,24)/t11-,16+/m1/s1. The molecule has 4 N–H and O–H groups in total. The van der Waals surface area contributed by atoms with Crippen molar-refractivity contribution in [3.05, 3.63) is 35.1 Å². The fraction of sp³-hybridized carbons (Fsp3) is 0.333. The molecule has 1 saturated carbocycles. The van der Waals surface area contributed by atoms with Gasteiger partial charge in [0.15, 0.2) is 0 Å². The molecule has 0 aromatic heterocycles. The van der Waals surface area contributed by atoms with Crippen LogP contribution in [0.4, 0.5) is 4.39 Å². The molecule has 1 aromatic rings. The highest BCUT2D eigenvalue weighted by Crippen LogP contribution is 2.27. The number of aliphatic hydroxyl groups is 1. The van der Waals surface area contributed by atoms with Crippen LogP contribution in [0.15, 0.2) is 18.2 Å². The lowest BCUT2D eigenvalue weighted by atomic mass is 10.1. The molecule has 2 rings (SSSR count). The van der Waals surface area contributed by atoms with E-state index in [4.69, 9.17) is 5.21 Å². The summed E-state index contributed by atoms with van der Waals surface area (Å²) in [4.78, 5) is 23.5. The third kappa shape index (κ3) is 5.32. The third-order valence-electron chi connectivity index (χ3n) is 3.50. The molecule has 25 heavy (non-hydrogen) atoms. The van der Waals surface area contributed by atoms with E-state index in [2.05, 4.69) is 29.0 Å². The summed E-state index contributed by atoms with van der Waals surface area (Å²) in [5, 5.41) is 20.2. The molecule has 0 aliphatic heterocycles. The molecule has 0 bridgehead atoms. The Bertz CT molecular complexity index is 795. The molecule has 1 fully saturated rings. The van der Waals surface area contributed by atoms with Crippen molar-refractivity contribution in [1.82, 2.24) is 10.8 Å². The number of nitrogens with one attached hydrogen (secondary N) is 2. The number of halogens is 1. The maximum absolute atomic E-state index is 14.1. The van der Waals surface area contributed by atoms with E-state index in [-0.39, 0.29) is 5.56 Å². The molecule has 1 aliphatic rings. The van der Waals surface area contributed by atoms with Crippen LogP contribution in [0.2, 0.25) is 0 Å².